The molecule has 0 spiro atoms. The average Bonchev–Trinajstić information content (AvgIpc) is 2.48. The first-order valence-electron chi connectivity index (χ1n) is 6.50. The van der Waals surface area contributed by atoms with Gasteiger partial charge >= 0.3 is 0 Å². The minimum absolute atomic E-state index is 0.00562. The predicted molar refractivity (Wildman–Crippen MR) is 95.8 cm³/mol. The fourth-order valence-electron chi connectivity index (χ4n) is 2.05. The zero-order chi connectivity index (χ0) is 17.2. The van der Waals surface area contributed by atoms with Crippen molar-refractivity contribution in [2.45, 2.75) is 11.4 Å². The maximum absolute atomic E-state index is 12.9. The fourth-order valence-corrected chi connectivity index (χ4v) is 4.76. The zero-order valence-electron chi connectivity index (χ0n) is 12.4. The van der Waals surface area contributed by atoms with E-state index in [1.54, 1.807) is 30.3 Å². The Bertz CT molecular complexity index is 827. The van der Waals surface area contributed by atoms with E-state index in [0.29, 0.717) is 20.1 Å². The van der Waals surface area contributed by atoms with E-state index in [1.807, 2.05) is 0 Å². The van der Waals surface area contributed by atoms with Gasteiger partial charge < -0.3 is 4.74 Å². The smallest absolute Gasteiger partial charge is 0.246 e. The van der Waals surface area contributed by atoms with Crippen molar-refractivity contribution in [2.24, 2.45) is 0 Å². The largest absolute Gasteiger partial charge is 0.494 e. The van der Waals surface area contributed by atoms with Crippen molar-refractivity contribution in [3.63, 3.8) is 0 Å². The number of methoxy groups -OCH3 is 1. The highest BCUT2D eigenvalue weighted by molar-refractivity contribution is 9.10. The van der Waals surface area contributed by atoms with Gasteiger partial charge in [0.1, 0.15) is 4.90 Å². The van der Waals surface area contributed by atoms with Crippen LogP contribution < -0.4 is 4.74 Å². The molecule has 8 heteroatoms. The third-order valence-electron chi connectivity index (χ3n) is 3.22. The van der Waals surface area contributed by atoms with Crippen LogP contribution in [0.1, 0.15) is 5.56 Å². The summed E-state index contributed by atoms with van der Waals surface area (Å²) < 4.78 is 32.6. The Morgan fingerprint density at radius 2 is 1.87 bits per heavy atom. The van der Waals surface area contributed by atoms with Crippen molar-refractivity contribution in [2.75, 3.05) is 14.2 Å². The monoisotopic (exact) mass is 437 g/mol. The molecule has 0 saturated heterocycles. The topological polar surface area (TPSA) is 46.6 Å². The number of rotatable bonds is 5. The molecule has 124 valence electrons. The Kier molecular flexibility index (Phi) is 5.97. The number of nitrogens with zero attached hydrogens (tertiary/aromatic N) is 1. The third-order valence-corrected chi connectivity index (χ3v) is 6.20. The molecule has 0 aliphatic rings. The molecule has 0 unspecified atom stereocenters. The van der Waals surface area contributed by atoms with Crippen molar-refractivity contribution in [1.82, 2.24) is 4.31 Å². The summed E-state index contributed by atoms with van der Waals surface area (Å²) in [7, 11) is -0.924. The van der Waals surface area contributed by atoms with Crippen molar-refractivity contribution >= 4 is 49.2 Å². The molecule has 0 amide bonds. The third kappa shape index (κ3) is 4.00. The van der Waals surface area contributed by atoms with Crippen LogP contribution in [-0.4, -0.2) is 26.9 Å². The minimum atomic E-state index is -3.81. The molecule has 2 aromatic carbocycles. The van der Waals surface area contributed by atoms with Crippen LogP contribution in [0.3, 0.4) is 0 Å². The molecular formula is C15H14BrCl2NO3S. The number of hydrogen-bond donors (Lipinski definition) is 0. The minimum Gasteiger partial charge on any atom is -0.494 e. The fraction of sp³-hybridized carbons (Fsp3) is 0.200. The van der Waals surface area contributed by atoms with E-state index in [4.69, 9.17) is 27.9 Å². The maximum Gasteiger partial charge on any atom is 0.246 e. The van der Waals surface area contributed by atoms with Gasteiger partial charge in [0, 0.05) is 23.6 Å². The molecule has 0 fully saturated rings. The van der Waals surface area contributed by atoms with Crippen LogP contribution in [0.4, 0.5) is 0 Å². The van der Waals surface area contributed by atoms with Gasteiger partial charge in [-0.2, -0.15) is 4.31 Å². The number of benzene rings is 2. The molecule has 0 saturated carbocycles. The van der Waals surface area contributed by atoms with E-state index in [1.165, 1.54) is 24.5 Å². The first kappa shape index (κ1) is 18.5. The van der Waals surface area contributed by atoms with Crippen LogP contribution in [0, 0.1) is 0 Å². The van der Waals surface area contributed by atoms with Gasteiger partial charge in [-0.3, -0.25) is 0 Å². The molecule has 2 aromatic rings. The highest BCUT2D eigenvalue weighted by Gasteiger charge is 2.27. The Morgan fingerprint density at radius 3 is 2.48 bits per heavy atom. The quantitative estimate of drug-likeness (QED) is 0.685. The molecule has 0 aliphatic carbocycles. The number of halogens is 3. The molecule has 0 aliphatic heterocycles. The molecular weight excluding hydrogens is 425 g/mol. The lowest BCUT2D eigenvalue weighted by Gasteiger charge is -2.20. The molecule has 0 bridgehead atoms. The number of ether oxygens (including phenoxy) is 1. The van der Waals surface area contributed by atoms with Crippen molar-refractivity contribution in [1.29, 1.82) is 0 Å². The van der Waals surface area contributed by atoms with Crippen LogP contribution in [0.15, 0.2) is 45.8 Å². The first-order valence-corrected chi connectivity index (χ1v) is 9.49. The van der Waals surface area contributed by atoms with Crippen LogP contribution in [-0.2, 0) is 16.6 Å². The Hall–Kier alpha value is -0.790. The normalized spacial score (nSPS) is 11.7. The molecule has 0 N–H and O–H groups in total. The van der Waals surface area contributed by atoms with Gasteiger partial charge in [0.2, 0.25) is 10.0 Å². The summed E-state index contributed by atoms with van der Waals surface area (Å²) in [5.74, 6) is 0.209. The van der Waals surface area contributed by atoms with Gasteiger partial charge in [0.25, 0.3) is 0 Å². The Labute approximate surface area is 154 Å². The van der Waals surface area contributed by atoms with Crippen molar-refractivity contribution in [3.8, 4) is 5.75 Å². The summed E-state index contributed by atoms with van der Waals surface area (Å²) >= 11 is 15.3. The second kappa shape index (κ2) is 7.40. The van der Waals surface area contributed by atoms with Gasteiger partial charge in [-0.15, -0.1) is 0 Å². The van der Waals surface area contributed by atoms with E-state index in [-0.39, 0.29) is 17.2 Å². The van der Waals surface area contributed by atoms with Gasteiger partial charge in [-0.25, -0.2) is 8.42 Å². The van der Waals surface area contributed by atoms with Crippen molar-refractivity contribution < 1.29 is 13.2 Å². The maximum atomic E-state index is 12.9. The lowest BCUT2D eigenvalue weighted by molar-refractivity contribution is 0.395. The van der Waals surface area contributed by atoms with Crippen LogP contribution in [0.2, 0.25) is 10.0 Å². The second-order valence-electron chi connectivity index (χ2n) is 4.77. The van der Waals surface area contributed by atoms with E-state index in [0.717, 1.165) is 0 Å². The molecule has 2 rings (SSSR count). The zero-order valence-corrected chi connectivity index (χ0v) is 16.3. The summed E-state index contributed by atoms with van der Waals surface area (Å²) in [4.78, 5) is -0.00562. The Morgan fingerprint density at radius 1 is 1.22 bits per heavy atom. The van der Waals surface area contributed by atoms with Gasteiger partial charge in [0.15, 0.2) is 5.75 Å². The number of hydrogen-bond acceptors (Lipinski definition) is 3. The van der Waals surface area contributed by atoms with Crippen molar-refractivity contribution in [3.05, 3.63) is 56.5 Å². The van der Waals surface area contributed by atoms with Crippen LogP contribution in [0.5, 0.6) is 5.75 Å². The summed E-state index contributed by atoms with van der Waals surface area (Å²) in [6.07, 6.45) is 0. The summed E-state index contributed by atoms with van der Waals surface area (Å²) in [6, 6.07) is 10.0. The standard InChI is InChI=1S/C15H14BrCl2NO3S/c1-19(9-10-5-3-4-6-13(10)18)23(20,21)14-8-11(17)7-12(16)15(14)22-2/h3-8H,9H2,1-2H3. The molecule has 0 heterocycles. The number of sulfonamides is 1. The van der Waals surface area contributed by atoms with E-state index < -0.39 is 10.0 Å². The van der Waals surface area contributed by atoms with E-state index in [9.17, 15) is 8.42 Å². The lowest BCUT2D eigenvalue weighted by atomic mass is 10.2. The second-order valence-corrected chi connectivity index (χ2v) is 8.48. The van der Waals surface area contributed by atoms with E-state index in [2.05, 4.69) is 15.9 Å². The average molecular weight is 439 g/mol. The van der Waals surface area contributed by atoms with Crippen LogP contribution in [0.25, 0.3) is 0 Å². The van der Waals surface area contributed by atoms with Crippen LogP contribution >= 0.6 is 39.1 Å². The van der Waals surface area contributed by atoms with E-state index >= 15 is 0 Å². The molecule has 0 atom stereocenters. The molecule has 23 heavy (non-hydrogen) atoms. The summed E-state index contributed by atoms with van der Waals surface area (Å²) in [5.41, 5.74) is 0.709. The summed E-state index contributed by atoms with van der Waals surface area (Å²) in [5, 5.41) is 0.802. The van der Waals surface area contributed by atoms with Gasteiger partial charge in [-0.05, 0) is 39.7 Å². The molecule has 0 aromatic heterocycles. The molecule has 0 radical (unpaired) electrons. The lowest BCUT2D eigenvalue weighted by Crippen LogP contribution is -2.27. The SMILES string of the molecule is COc1c(Br)cc(Cl)cc1S(=O)(=O)N(C)Cc1ccccc1Cl. The first-order chi connectivity index (χ1) is 10.8. The highest BCUT2D eigenvalue weighted by Crippen LogP contribution is 2.37. The Balaban J connectivity index is 2.44. The highest BCUT2D eigenvalue weighted by atomic mass is 79.9. The summed E-state index contributed by atoms with van der Waals surface area (Å²) in [6.45, 7) is 0.134. The predicted octanol–water partition coefficient (Wildman–Crippen LogP) is 4.59. The molecule has 4 nitrogen and oxygen atoms in total. The van der Waals surface area contributed by atoms with Gasteiger partial charge in [0.05, 0.1) is 11.6 Å². The van der Waals surface area contributed by atoms with Gasteiger partial charge in [-0.1, -0.05) is 41.4 Å².